The summed E-state index contributed by atoms with van der Waals surface area (Å²) in [5, 5.41) is 3.24. The maximum absolute atomic E-state index is 12.7. The first-order valence-electron chi connectivity index (χ1n) is 9.29. The number of benzene rings is 1. The Hall–Kier alpha value is -2.35. The normalized spacial score (nSPS) is 17.3. The van der Waals surface area contributed by atoms with Crippen molar-refractivity contribution in [3.63, 3.8) is 0 Å². The number of carbonyl (C=O) groups is 1. The summed E-state index contributed by atoms with van der Waals surface area (Å²) in [6.45, 7) is 5.73. The number of aromatic nitrogens is 1. The van der Waals surface area contributed by atoms with Crippen molar-refractivity contribution in [2.75, 3.05) is 38.6 Å². The lowest BCUT2D eigenvalue weighted by Crippen LogP contribution is -2.47. The summed E-state index contributed by atoms with van der Waals surface area (Å²) in [6.07, 6.45) is 3.50. The van der Waals surface area contributed by atoms with Crippen LogP contribution in [0.2, 0.25) is 5.02 Å². The van der Waals surface area contributed by atoms with E-state index in [2.05, 4.69) is 15.2 Å². The third-order valence-electron chi connectivity index (χ3n) is 4.51. The Kier molecular flexibility index (Phi) is 7.08. The monoisotopic (exact) mass is 404 g/mol. The molecule has 2 heterocycles. The van der Waals surface area contributed by atoms with Crippen molar-refractivity contribution in [1.29, 1.82) is 0 Å². The van der Waals surface area contributed by atoms with Crippen LogP contribution < -0.4 is 15.8 Å². The van der Waals surface area contributed by atoms with E-state index in [1.165, 1.54) is 11.6 Å². The predicted molar refractivity (Wildman–Crippen MR) is 109 cm³/mol. The molecule has 0 saturated carbocycles. The molecular weight excluding hydrogens is 380 g/mol. The lowest BCUT2D eigenvalue weighted by molar-refractivity contribution is -0.0292. The number of ether oxygens (including phenoxy) is 2. The molecule has 0 spiro atoms. The molecule has 7 nitrogen and oxygen atoms in total. The predicted octanol–water partition coefficient (Wildman–Crippen LogP) is 2.35. The zero-order valence-electron chi connectivity index (χ0n) is 15.9. The lowest BCUT2D eigenvalue weighted by atomic mass is 10.1. The summed E-state index contributed by atoms with van der Waals surface area (Å²) >= 11 is 6.08. The molecule has 2 aromatic rings. The van der Waals surface area contributed by atoms with Crippen molar-refractivity contribution in [2.45, 2.75) is 19.6 Å². The second kappa shape index (κ2) is 9.73. The fourth-order valence-corrected chi connectivity index (χ4v) is 3.28. The minimum absolute atomic E-state index is 0.0839. The molecule has 1 aliphatic rings. The van der Waals surface area contributed by atoms with Gasteiger partial charge in [0, 0.05) is 44.6 Å². The van der Waals surface area contributed by atoms with Crippen LogP contribution >= 0.6 is 11.6 Å². The van der Waals surface area contributed by atoms with Crippen molar-refractivity contribution >= 4 is 23.2 Å². The van der Waals surface area contributed by atoms with Gasteiger partial charge in [-0.1, -0.05) is 11.6 Å². The van der Waals surface area contributed by atoms with Gasteiger partial charge >= 0.3 is 0 Å². The van der Waals surface area contributed by atoms with Gasteiger partial charge < -0.3 is 20.5 Å². The molecule has 1 aromatic carbocycles. The van der Waals surface area contributed by atoms with Crippen molar-refractivity contribution < 1.29 is 14.3 Å². The number of morpholine rings is 1. The molecule has 3 N–H and O–H groups in total. The molecule has 3 rings (SSSR count). The number of nitrogens with zero attached hydrogens (tertiary/aromatic N) is 2. The minimum Gasteiger partial charge on any atom is -0.493 e. The zero-order chi connectivity index (χ0) is 19.9. The molecule has 28 heavy (non-hydrogen) atoms. The number of nitrogen functional groups attached to an aromatic ring is 1. The highest BCUT2D eigenvalue weighted by Gasteiger charge is 2.22. The maximum atomic E-state index is 12.7. The van der Waals surface area contributed by atoms with Crippen molar-refractivity contribution in [1.82, 2.24) is 15.2 Å². The van der Waals surface area contributed by atoms with E-state index in [-0.39, 0.29) is 12.0 Å². The third-order valence-corrected chi connectivity index (χ3v) is 4.84. The van der Waals surface area contributed by atoms with Gasteiger partial charge in [0.05, 0.1) is 35.6 Å². The number of nitrogens with two attached hydrogens (primary N) is 1. The molecule has 1 fully saturated rings. The second-order valence-corrected chi connectivity index (χ2v) is 7.00. The number of hydrogen-bond acceptors (Lipinski definition) is 6. The summed E-state index contributed by atoms with van der Waals surface area (Å²) < 4.78 is 11.3. The molecule has 1 aliphatic heterocycles. The van der Waals surface area contributed by atoms with Crippen LogP contribution in [-0.4, -0.2) is 54.7 Å². The fourth-order valence-electron chi connectivity index (χ4n) is 3.12. The van der Waals surface area contributed by atoms with Gasteiger partial charge in [-0.15, -0.1) is 0 Å². The molecule has 1 unspecified atom stereocenters. The molecule has 1 aromatic heterocycles. The van der Waals surface area contributed by atoms with E-state index in [4.69, 9.17) is 26.8 Å². The van der Waals surface area contributed by atoms with Gasteiger partial charge in [0.1, 0.15) is 5.75 Å². The highest BCUT2D eigenvalue weighted by atomic mass is 35.5. The van der Waals surface area contributed by atoms with Crippen LogP contribution in [0.5, 0.6) is 5.75 Å². The largest absolute Gasteiger partial charge is 0.493 e. The Balaban J connectivity index is 1.57. The molecular formula is C20H25ClN4O3. The molecule has 1 saturated heterocycles. The first-order chi connectivity index (χ1) is 13.6. The van der Waals surface area contributed by atoms with Crippen LogP contribution in [0.4, 0.5) is 5.69 Å². The minimum atomic E-state index is -0.264. The van der Waals surface area contributed by atoms with Gasteiger partial charge in [-0.05, 0) is 30.7 Å². The van der Waals surface area contributed by atoms with Crippen molar-refractivity contribution in [3.05, 3.63) is 52.8 Å². The van der Waals surface area contributed by atoms with Crippen LogP contribution in [0.3, 0.4) is 0 Å². The van der Waals surface area contributed by atoms with Crippen LogP contribution in [0.25, 0.3) is 0 Å². The van der Waals surface area contributed by atoms with E-state index in [0.717, 1.165) is 19.6 Å². The van der Waals surface area contributed by atoms with Gasteiger partial charge in [0.15, 0.2) is 0 Å². The average Bonchev–Trinajstić information content (AvgIpc) is 2.70. The topological polar surface area (TPSA) is 89.7 Å². The van der Waals surface area contributed by atoms with Crippen molar-refractivity contribution in [3.8, 4) is 5.75 Å². The quantitative estimate of drug-likeness (QED) is 0.688. The molecule has 0 radical (unpaired) electrons. The van der Waals surface area contributed by atoms with E-state index >= 15 is 0 Å². The SMILES string of the molecule is CCOc1cc(N)c(Cl)cc1C(=O)NCC1CN(Cc2ccncc2)CCO1. The van der Waals surface area contributed by atoms with E-state index in [9.17, 15) is 4.79 Å². The van der Waals surface area contributed by atoms with Crippen molar-refractivity contribution in [2.24, 2.45) is 0 Å². The average molecular weight is 405 g/mol. The lowest BCUT2D eigenvalue weighted by Gasteiger charge is -2.33. The molecule has 0 bridgehead atoms. The Morgan fingerprint density at radius 3 is 2.96 bits per heavy atom. The number of carbonyl (C=O) groups excluding carboxylic acids is 1. The van der Waals surface area contributed by atoms with E-state index in [1.807, 2.05) is 19.1 Å². The third kappa shape index (κ3) is 5.34. The van der Waals surface area contributed by atoms with Crippen LogP contribution in [0.1, 0.15) is 22.8 Å². The molecule has 1 amide bonds. The molecule has 1 atom stereocenters. The summed E-state index contributed by atoms with van der Waals surface area (Å²) in [5.41, 5.74) is 7.77. The summed E-state index contributed by atoms with van der Waals surface area (Å²) in [4.78, 5) is 19.0. The Labute approximate surface area is 169 Å². The van der Waals surface area contributed by atoms with E-state index in [0.29, 0.717) is 41.8 Å². The Bertz CT molecular complexity index is 804. The van der Waals surface area contributed by atoms with Gasteiger partial charge in [-0.2, -0.15) is 0 Å². The molecule has 150 valence electrons. The highest BCUT2D eigenvalue weighted by molar-refractivity contribution is 6.33. The first kappa shape index (κ1) is 20.4. The Morgan fingerprint density at radius 1 is 1.43 bits per heavy atom. The molecule has 8 heteroatoms. The number of hydrogen-bond donors (Lipinski definition) is 2. The number of nitrogens with one attached hydrogen (secondary N) is 1. The smallest absolute Gasteiger partial charge is 0.255 e. The standard InChI is InChI=1S/C20H25ClN4O3/c1-2-27-19-10-18(22)17(21)9-16(19)20(26)24-11-15-13-25(7-8-28-15)12-14-3-5-23-6-4-14/h3-6,9-10,15H,2,7-8,11-13,22H2,1H3,(H,24,26). The van der Waals surface area contributed by atoms with Gasteiger partial charge in [-0.3, -0.25) is 14.7 Å². The fraction of sp³-hybridized carbons (Fsp3) is 0.400. The number of halogens is 1. The van der Waals surface area contributed by atoms with E-state index in [1.54, 1.807) is 18.5 Å². The van der Waals surface area contributed by atoms with Gasteiger partial charge in [0.25, 0.3) is 5.91 Å². The number of pyridine rings is 1. The molecule has 0 aliphatic carbocycles. The van der Waals surface area contributed by atoms with Crippen LogP contribution in [0.15, 0.2) is 36.7 Å². The van der Waals surface area contributed by atoms with Crippen LogP contribution in [0, 0.1) is 0 Å². The summed E-state index contributed by atoms with van der Waals surface area (Å²) in [5.74, 6) is 0.158. The van der Waals surface area contributed by atoms with Gasteiger partial charge in [0.2, 0.25) is 0 Å². The zero-order valence-corrected chi connectivity index (χ0v) is 16.6. The summed E-state index contributed by atoms with van der Waals surface area (Å²) in [7, 11) is 0. The number of amides is 1. The Morgan fingerprint density at radius 2 is 2.21 bits per heavy atom. The van der Waals surface area contributed by atoms with E-state index < -0.39 is 0 Å². The van der Waals surface area contributed by atoms with Crippen LogP contribution in [-0.2, 0) is 11.3 Å². The summed E-state index contributed by atoms with van der Waals surface area (Å²) in [6, 6.07) is 7.13. The first-order valence-corrected chi connectivity index (χ1v) is 9.67. The number of rotatable bonds is 7. The highest BCUT2D eigenvalue weighted by Crippen LogP contribution is 2.29. The van der Waals surface area contributed by atoms with Gasteiger partial charge in [-0.25, -0.2) is 0 Å². The second-order valence-electron chi connectivity index (χ2n) is 6.60. The maximum Gasteiger partial charge on any atom is 0.255 e. The number of anilines is 1.